The molecule has 77 heavy (non-hydrogen) atoms. The van der Waals surface area contributed by atoms with Gasteiger partial charge in [0.05, 0.1) is 5.69 Å². The summed E-state index contributed by atoms with van der Waals surface area (Å²) in [4.78, 5) is 7.96. The van der Waals surface area contributed by atoms with E-state index in [4.69, 9.17) is 0 Å². The van der Waals surface area contributed by atoms with Crippen LogP contribution in [0.3, 0.4) is 0 Å². The first-order valence-corrected chi connectivity index (χ1v) is 28.8. The van der Waals surface area contributed by atoms with Crippen molar-refractivity contribution in [1.82, 2.24) is 0 Å². The third-order valence-electron chi connectivity index (χ3n) is 19.8. The topological polar surface area (TPSA) is 9.72 Å². The molecule has 2 heterocycles. The van der Waals surface area contributed by atoms with E-state index in [0.717, 1.165) is 42.7 Å². The highest BCUT2D eigenvalue weighted by atomic mass is 15.2. The minimum Gasteiger partial charge on any atom is -0.311 e. The number of para-hydroxylation sites is 2. The molecule has 0 amide bonds. The maximum Gasteiger partial charge on any atom is 0.252 e. The SMILES string of the molecule is Cc1cc2c(cc1N1c3cc4c(cc3B3c5cc(-c6ccccc6)ccc5N(c5ccc6c(c5C)C(C)(C)CCC6(C)C)c5cc(N(c6ccccc6)c6ccccc6)cc1c53)C(C)(C)CCC4(C)C)C(C)(C)CC2(C)C. The quantitative estimate of drug-likeness (QED) is 0.154. The molecule has 0 radical (unpaired) electrons. The summed E-state index contributed by atoms with van der Waals surface area (Å²) in [6.07, 6.45) is 5.75. The van der Waals surface area contributed by atoms with Crippen molar-refractivity contribution in [3.63, 3.8) is 0 Å². The fourth-order valence-electron chi connectivity index (χ4n) is 15.7. The molecule has 3 nitrogen and oxygen atoms in total. The number of benzene rings is 8. The van der Waals surface area contributed by atoms with E-state index in [9.17, 15) is 0 Å². The van der Waals surface area contributed by atoms with Crippen LogP contribution in [0.15, 0.2) is 158 Å². The number of hydrogen-bond acceptors (Lipinski definition) is 3. The summed E-state index contributed by atoms with van der Waals surface area (Å²) in [5.74, 6) is 0. The van der Waals surface area contributed by atoms with Gasteiger partial charge in [0.1, 0.15) is 0 Å². The molecular weight excluding hydrogens is 930 g/mol. The van der Waals surface area contributed by atoms with Crippen molar-refractivity contribution in [3.8, 4) is 11.1 Å². The van der Waals surface area contributed by atoms with E-state index in [-0.39, 0.29) is 39.2 Å². The van der Waals surface area contributed by atoms with Gasteiger partial charge in [-0.1, -0.05) is 180 Å². The Hall–Kier alpha value is -6.78. The number of rotatable bonds is 6. The molecule has 0 bridgehead atoms. The molecule has 4 heteroatoms. The second-order valence-electron chi connectivity index (χ2n) is 27.9. The van der Waals surface area contributed by atoms with Gasteiger partial charge in [-0.2, -0.15) is 0 Å². The largest absolute Gasteiger partial charge is 0.311 e. The van der Waals surface area contributed by atoms with E-state index >= 15 is 0 Å². The first-order chi connectivity index (χ1) is 36.5. The number of anilines is 9. The minimum absolute atomic E-state index is 0.00329. The monoisotopic (exact) mass is 1010 g/mol. The Kier molecular flexibility index (Phi) is 10.9. The van der Waals surface area contributed by atoms with Crippen molar-refractivity contribution in [2.24, 2.45) is 0 Å². The molecule has 0 saturated carbocycles. The number of aryl methyl sites for hydroxylation is 1. The molecule has 0 saturated heterocycles. The second kappa shape index (κ2) is 16.9. The molecule has 2 aliphatic heterocycles. The average Bonchev–Trinajstić information content (AvgIpc) is 3.72. The van der Waals surface area contributed by atoms with E-state index in [0.29, 0.717) is 0 Å². The van der Waals surface area contributed by atoms with Crippen LogP contribution in [0.4, 0.5) is 51.2 Å². The van der Waals surface area contributed by atoms with Crippen LogP contribution < -0.4 is 31.1 Å². The summed E-state index contributed by atoms with van der Waals surface area (Å²) in [5.41, 5.74) is 29.4. The predicted octanol–water partition coefficient (Wildman–Crippen LogP) is 18.2. The van der Waals surface area contributed by atoms with Crippen molar-refractivity contribution < 1.29 is 0 Å². The molecule has 0 N–H and O–H groups in total. The van der Waals surface area contributed by atoms with Gasteiger partial charge in [-0.15, -0.1) is 0 Å². The van der Waals surface area contributed by atoms with Crippen molar-refractivity contribution in [2.45, 2.75) is 162 Å². The van der Waals surface area contributed by atoms with Crippen LogP contribution in [-0.4, -0.2) is 6.71 Å². The van der Waals surface area contributed by atoms with Gasteiger partial charge in [0, 0.05) is 45.5 Å². The Morgan fingerprint density at radius 3 is 1.43 bits per heavy atom. The normalized spacial score (nSPS) is 19.1. The lowest BCUT2D eigenvalue weighted by molar-refractivity contribution is 0.330. The van der Waals surface area contributed by atoms with Gasteiger partial charge in [0.15, 0.2) is 0 Å². The highest BCUT2D eigenvalue weighted by Crippen LogP contribution is 2.57. The zero-order valence-electron chi connectivity index (χ0n) is 48.5. The van der Waals surface area contributed by atoms with Gasteiger partial charge in [-0.05, 0) is 211 Å². The Balaban J connectivity index is 1.21. The summed E-state index contributed by atoms with van der Waals surface area (Å²) in [5, 5.41) is 0. The van der Waals surface area contributed by atoms with Crippen molar-refractivity contribution >= 4 is 74.3 Å². The first-order valence-electron chi connectivity index (χ1n) is 28.8. The lowest BCUT2D eigenvalue weighted by Gasteiger charge is -2.48. The van der Waals surface area contributed by atoms with Crippen LogP contribution in [-0.2, 0) is 32.5 Å². The maximum atomic E-state index is 2.76. The highest BCUT2D eigenvalue weighted by Gasteiger charge is 2.49. The predicted molar refractivity (Wildman–Crippen MR) is 331 cm³/mol. The average molecular weight is 1010 g/mol. The number of nitrogens with zero attached hydrogens (tertiary/aromatic N) is 3. The van der Waals surface area contributed by atoms with Crippen LogP contribution in [0.1, 0.15) is 160 Å². The van der Waals surface area contributed by atoms with E-state index in [2.05, 4.69) is 269 Å². The first kappa shape index (κ1) is 49.8. The highest BCUT2D eigenvalue weighted by molar-refractivity contribution is 7.00. The lowest BCUT2D eigenvalue weighted by Crippen LogP contribution is -2.62. The molecule has 0 atom stereocenters. The Bertz CT molecular complexity index is 3670. The summed E-state index contributed by atoms with van der Waals surface area (Å²) >= 11 is 0. The van der Waals surface area contributed by atoms with Gasteiger partial charge < -0.3 is 14.7 Å². The van der Waals surface area contributed by atoms with Crippen LogP contribution in [0.2, 0.25) is 0 Å². The van der Waals surface area contributed by atoms with Crippen molar-refractivity contribution in [3.05, 3.63) is 202 Å². The Morgan fingerprint density at radius 1 is 0.364 bits per heavy atom. The van der Waals surface area contributed by atoms with Gasteiger partial charge in [0.2, 0.25) is 0 Å². The Morgan fingerprint density at radius 2 is 0.831 bits per heavy atom. The van der Waals surface area contributed by atoms with Crippen LogP contribution >= 0.6 is 0 Å². The fourth-order valence-corrected chi connectivity index (χ4v) is 15.7. The molecule has 5 aliphatic rings. The smallest absolute Gasteiger partial charge is 0.252 e. The van der Waals surface area contributed by atoms with Crippen LogP contribution in [0, 0.1) is 13.8 Å². The zero-order chi connectivity index (χ0) is 53.9. The summed E-state index contributed by atoms with van der Waals surface area (Å²) in [6.45, 7) is 34.5. The number of fused-ring (bicyclic) bond motifs is 7. The molecule has 8 aromatic rings. The number of hydrogen-bond donors (Lipinski definition) is 0. The van der Waals surface area contributed by atoms with Gasteiger partial charge in [0.25, 0.3) is 6.71 Å². The van der Waals surface area contributed by atoms with E-state index < -0.39 is 0 Å². The summed E-state index contributed by atoms with van der Waals surface area (Å²) in [6, 6.07) is 61.3. The van der Waals surface area contributed by atoms with E-state index in [1.165, 1.54) is 113 Å². The minimum atomic E-state index is -0.0540. The maximum absolute atomic E-state index is 2.76. The van der Waals surface area contributed by atoms with Crippen molar-refractivity contribution in [2.75, 3.05) is 14.7 Å². The molecule has 0 unspecified atom stereocenters. The third-order valence-corrected chi connectivity index (χ3v) is 19.8. The van der Waals surface area contributed by atoms with Crippen molar-refractivity contribution in [1.29, 1.82) is 0 Å². The van der Waals surface area contributed by atoms with Crippen LogP contribution in [0.25, 0.3) is 11.1 Å². The molecule has 388 valence electrons. The molecule has 0 aromatic heterocycles. The second-order valence-corrected chi connectivity index (χ2v) is 27.9. The summed E-state index contributed by atoms with van der Waals surface area (Å²) < 4.78 is 0. The Labute approximate surface area is 461 Å². The standard InChI is InChI=1S/C73H78BN3/c1-46-38-54-57(73(13,14)45-72(54,11)12)43-62(46)77-63-44-56-55(69(5,6)34-35-70(56,7)8)42-59(63)74-58-39-49(48-24-18-15-19-25-48)30-32-61(58)76(60-33-31-53-66(47(60)2)71(9,10)37-36-68(53,3)4)64-40-52(41-65(77)67(64)74)75(50-26-20-16-21-27-50)51-28-22-17-23-29-51/h15-33,38-44H,34-37,45H2,1-14H3. The van der Waals surface area contributed by atoms with Gasteiger partial charge in [-0.3, -0.25) is 0 Å². The molecular formula is C73H78BN3. The molecule has 13 rings (SSSR count). The van der Waals surface area contributed by atoms with E-state index in [1.807, 2.05) is 0 Å². The van der Waals surface area contributed by atoms with E-state index in [1.54, 1.807) is 0 Å². The molecule has 0 fully saturated rings. The van der Waals surface area contributed by atoms with Gasteiger partial charge in [-0.25, -0.2) is 0 Å². The molecule has 3 aliphatic carbocycles. The van der Waals surface area contributed by atoms with Gasteiger partial charge >= 0.3 is 0 Å². The fraction of sp³-hybridized carbons (Fsp3) is 0.342. The summed E-state index contributed by atoms with van der Waals surface area (Å²) in [7, 11) is 0. The lowest BCUT2D eigenvalue weighted by atomic mass is 9.33. The third kappa shape index (κ3) is 7.57. The molecule has 0 spiro atoms. The molecule has 8 aromatic carbocycles. The van der Waals surface area contributed by atoms with Crippen LogP contribution in [0.5, 0.6) is 0 Å². The zero-order valence-corrected chi connectivity index (χ0v) is 48.5.